The van der Waals surface area contributed by atoms with E-state index in [1.807, 2.05) is 0 Å². The molecule has 0 saturated heterocycles. The van der Waals surface area contributed by atoms with Gasteiger partial charge in [0.1, 0.15) is 23.0 Å². The van der Waals surface area contributed by atoms with E-state index >= 15 is 0 Å². The molecule has 0 radical (unpaired) electrons. The summed E-state index contributed by atoms with van der Waals surface area (Å²) in [5.41, 5.74) is 0.300. The van der Waals surface area contributed by atoms with Crippen molar-refractivity contribution in [2.24, 2.45) is 0 Å². The fourth-order valence-electron chi connectivity index (χ4n) is 1.10. The first-order valence-corrected chi connectivity index (χ1v) is 5.09. The summed E-state index contributed by atoms with van der Waals surface area (Å²) in [6.07, 6.45) is 1.36. The summed E-state index contributed by atoms with van der Waals surface area (Å²) in [5, 5.41) is 9.45. The van der Waals surface area contributed by atoms with Crippen molar-refractivity contribution in [1.29, 1.82) is 0 Å². The average molecular weight is 260 g/mol. The molecule has 0 unspecified atom stereocenters. The second-order valence-corrected chi connectivity index (χ2v) is 3.74. The highest BCUT2D eigenvalue weighted by Gasteiger charge is 2.11. The molecule has 0 aliphatic carbocycles. The molecule has 84 valence electrons. The summed E-state index contributed by atoms with van der Waals surface area (Å²) < 4.78 is 0. The number of carbonyl (C=O) groups is 1. The Morgan fingerprint density at radius 3 is 2.88 bits per heavy atom. The molecule has 2 heterocycles. The Bertz CT molecular complexity index is 473. The van der Waals surface area contributed by atoms with E-state index in [1.165, 1.54) is 12.4 Å². The number of hydrogen-bond acceptors (Lipinski definition) is 3. The van der Waals surface area contributed by atoms with Crippen LogP contribution in [0.4, 0.5) is 0 Å². The first kappa shape index (κ1) is 11.0. The van der Waals surface area contributed by atoms with Crippen LogP contribution in [0.2, 0.25) is 10.2 Å². The van der Waals surface area contributed by atoms with Gasteiger partial charge in [-0.25, -0.2) is 4.98 Å². The van der Waals surface area contributed by atoms with Gasteiger partial charge < -0.3 is 10.3 Å². The van der Waals surface area contributed by atoms with E-state index in [0.29, 0.717) is 16.5 Å². The number of aromatic amines is 2. The molecule has 16 heavy (non-hydrogen) atoms. The van der Waals surface area contributed by atoms with E-state index in [9.17, 15) is 4.79 Å². The number of aromatic nitrogens is 4. The molecule has 0 spiro atoms. The maximum absolute atomic E-state index is 11.6. The lowest BCUT2D eigenvalue weighted by Crippen LogP contribution is -2.23. The largest absolute Gasteiger partial charge is 0.343 e. The third kappa shape index (κ3) is 2.34. The van der Waals surface area contributed by atoms with Gasteiger partial charge >= 0.3 is 0 Å². The van der Waals surface area contributed by atoms with E-state index in [-0.39, 0.29) is 17.6 Å². The molecular formula is C8H7Cl2N5O. The molecular weight excluding hydrogens is 253 g/mol. The summed E-state index contributed by atoms with van der Waals surface area (Å²) >= 11 is 11.4. The van der Waals surface area contributed by atoms with Gasteiger partial charge in [0.05, 0.1) is 11.6 Å². The average Bonchev–Trinajstić information content (AvgIpc) is 2.86. The molecule has 2 aromatic heterocycles. The SMILES string of the molecule is O=C(NCc1ncn[nH]1)c1cc(Cl)c(Cl)[nH]1. The van der Waals surface area contributed by atoms with Crippen molar-refractivity contribution in [3.63, 3.8) is 0 Å². The molecule has 0 bridgehead atoms. The first-order valence-electron chi connectivity index (χ1n) is 4.33. The number of rotatable bonds is 3. The Labute approximate surface area is 100 Å². The smallest absolute Gasteiger partial charge is 0.268 e. The van der Waals surface area contributed by atoms with Crippen LogP contribution in [0.5, 0.6) is 0 Å². The summed E-state index contributed by atoms with van der Waals surface area (Å²) in [6, 6.07) is 1.46. The minimum Gasteiger partial charge on any atom is -0.343 e. The van der Waals surface area contributed by atoms with Crippen LogP contribution < -0.4 is 5.32 Å². The lowest BCUT2D eigenvalue weighted by atomic mass is 10.4. The van der Waals surface area contributed by atoms with Gasteiger partial charge in [-0.15, -0.1) is 0 Å². The summed E-state index contributed by atoms with van der Waals surface area (Å²) in [5.74, 6) is 0.252. The van der Waals surface area contributed by atoms with Gasteiger partial charge in [-0.05, 0) is 6.07 Å². The van der Waals surface area contributed by atoms with Crippen molar-refractivity contribution in [2.75, 3.05) is 0 Å². The Morgan fingerprint density at radius 1 is 1.50 bits per heavy atom. The maximum atomic E-state index is 11.6. The molecule has 0 saturated carbocycles. The lowest BCUT2D eigenvalue weighted by molar-refractivity contribution is 0.0945. The van der Waals surface area contributed by atoms with Crippen LogP contribution in [-0.2, 0) is 6.54 Å². The molecule has 0 atom stereocenters. The Morgan fingerprint density at radius 2 is 2.31 bits per heavy atom. The molecule has 0 aromatic carbocycles. The van der Waals surface area contributed by atoms with Gasteiger partial charge in [0.25, 0.3) is 5.91 Å². The minimum atomic E-state index is -0.315. The van der Waals surface area contributed by atoms with Crippen molar-refractivity contribution < 1.29 is 4.79 Å². The topological polar surface area (TPSA) is 86.5 Å². The number of nitrogens with one attached hydrogen (secondary N) is 3. The third-order valence-electron chi connectivity index (χ3n) is 1.85. The number of nitrogens with zero attached hydrogens (tertiary/aromatic N) is 2. The molecule has 0 aliphatic rings. The van der Waals surface area contributed by atoms with Gasteiger partial charge in [-0.3, -0.25) is 9.89 Å². The highest BCUT2D eigenvalue weighted by molar-refractivity contribution is 6.41. The number of halogens is 2. The second-order valence-electron chi connectivity index (χ2n) is 2.96. The van der Waals surface area contributed by atoms with Crippen LogP contribution in [-0.4, -0.2) is 26.1 Å². The normalized spacial score (nSPS) is 10.4. The van der Waals surface area contributed by atoms with Crippen LogP contribution in [0.25, 0.3) is 0 Å². The van der Waals surface area contributed by atoms with Crippen LogP contribution in [0.15, 0.2) is 12.4 Å². The van der Waals surface area contributed by atoms with Crippen LogP contribution in [0.1, 0.15) is 16.3 Å². The fraction of sp³-hybridized carbons (Fsp3) is 0.125. The zero-order valence-corrected chi connectivity index (χ0v) is 9.43. The summed E-state index contributed by atoms with van der Waals surface area (Å²) in [7, 11) is 0. The van der Waals surface area contributed by atoms with Crippen molar-refractivity contribution in [3.05, 3.63) is 34.1 Å². The standard InChI is InChI=1S/C8H7Cl2N5O/c9-4-1-5(14-7(4)10)8(16)11-2-6-12-3-13-15-6/h1,3,14H,2H2,(H,11,16)(H,12,13,15). The Hall–Kier alpha value is -1.53. The highest BCUT2D eigenvalue weighted by atomic mass is 35.5. The first-order chi connectivity index (χ1) is 7.66. The molecule has 1 amide bonds. The fourth-order valence-corrected chi connectivity index (χ4v) is 1.41. The van der Waals surface area contributed by atoms with Crippen molar-refractivity contribution in [3.8, 4) is 0 Å². The number of H-pyrrole nitrogens is 2. The number of amides is 1. The van der Waals surface area contributed by atoms with E-state index in [4.69, 9.17) is 23.2 Å². The monoisotopic (exact) mass is 259 g/mol. The van der Waals surface area contributed by atoms with E-state index in [0.717, 1.165) is 0 Å². The van der Waals surface area contributed by atoms with E-state index < -0.39 is 0 Å². The molecule has 2 rings (SSSR count). The Balaban J connectivity index is 1.98. The maximum Gasteiger partial charge on any atom is 0.268 e. The zero-order chi connectivity index (χ0) is 11.5. The van der Waals surface area contributed by atoms with E-state index in [2.05, 4.69) is 25.5 Å². The van der Waals surface area contributed by atoms with Crippen molar-refractivity contribution >= 4 is 29.1 Å². The number of hydrogen-bond donors (Lipinski definition) is 3. The van der Waals surface area contributed by atoms with Gasteiger partial charge in [0, 0.05) is 0 Å². The Kier molecular flexibility index (Phi) is 3.12. The molecule has 3 N–H and O–H groups in total. The quantitative estimate of drug-likeness (QED) is 0.778. The van der Waals surface area contributed by atoms with Crippen LogP contribution in [0, 0.1) is 0 Å². The lowest BCUT2D eigenvalue weighted by Gasteiger charge is -1.99. The van der Waals surface area contributed by atoms with Crippen LogP contribution in [0.3, 0.4) is 0 Å². The summed E-state index contributed by atoms with van der Waals surface area (Å²) in [6.45, 7) is 0.257. The predicted molar refractivity (Wildman–Crippen MR) is 58.4 cm³/mol. The number of carbonyl (C=O) groups excluding carboxylic acids is 1. The molecule has 8 heteroatoms. The van der Waals surface area contributed by atoms with Gasteiger partial charge in [0.2, 0.25) is 0 Å². The van der Waals surface area contributed by atoms with Gasteiger partial charge in [-0.1, -0.05) is 23.2 Å². The van der Waals surface area contributed by atoms with E-state index in [1.54, 1.807) is 0 Å². The zero-order valence-electron chi connectivity index (χ0n) is 7.92. The minimum absolute atomic E-state index is 0.242. The third-order valence-corrected chi connectivity index (χ3v) is 2.54. The molecule has 0 aliphatic heterocycles. The van der Waals surface area contributed by atoms with Gasteiger partial charge in [0.15, 0.2) is 0 Å². The molecule has 6 nitrogen and oxygen atoms in total. The van der Waals surface area contributed by atoms with Gasteiger partial charge in [-0.2, -0.15) is 5.10 Å². The van der Waals surface area contributed by atoms with Crippen molar-refractivity contribution in [1.82, 2.24) is 25.5 Å². The van der Waals surface area contributed by atoms with Crippen molar-refractivity contribution in [2.45, 2.75) is 6.54 Å². The summed E-state index contributed by atoms with van der Waals surface area (Å²) in [4.78, 5) is 18.1. The second kappa shape index (κ2) is 4.54. The predicted octanol–water partition coefficient (Wildman–Crippen LogP) is 1.37. The highest BCUT2D eigenvalue weighted by Crippen LogP contribution is 2.21. The molecule has 2 aromatic rings. The molecule has 0 fully saturated rings. The van der Waals surface area contributed by atoms with Crippen LogP contribution >= 0.6 is 23.2 Å².